The molecular formula is C21H23NO8S2. The van der Waals surface area contributed by atoms with Gasteiger partial charge in [-0.3, -0.25) is 4.79 Å². The van der Waals surface area contributed by atoms with Gasteiger partial charge >= 0.3 is 11.9 Å². The number of thiazole rings is 1. The summed E-state index contributed by atoms with van der Waals surface area (Å²) in [4.78, 5) is 29.1. The Labute approximate surface area is 192 Å². The van der Waals surface area contributed by atoms with E-state index in [0.717, 1.165) is 12.5 Å². The van der Waals surface area contributed by atoms with Gasteiger partial charge in [0.05, 0.1) is 24.4 Å². The first kappa shape index (κ1) is 24.3. The lowest BCUT2D eigenvalue weighted by Gasteiger charge is -2.34. The van der Waals surface area contributed by atoms with E-state index in [2.05, 4.69) is 10.9 Å². The number of ether oxygens (including phenoxy) is 4. The minimum absolute atomic E-state index is 0.105. The van der Waals surface area contributed by atoms with Crippen LogP contribution in [-0.4, -0.2) is 64.4 Å². The van der Waals surface area contributed by atoms with Crippen molar-refractivity contribution in [1.29, 1.82) is 0 Å². The Morgan fingerprint density at radius 1 is 1.38 bits per heavy atom. The lowest BCUT2D eigenvalue weighted by molar-refractivity contribution is -0.191. The van der Waals surface area contributed by atoms with E-state index >= 15 is 0 Å². The Kier molecular flexibility index (Phi) is 7.66. The molecule has 2 aromatic heterocycles. The van der Waals surface area contributed by atoms with E-state index in [0.29, 0.717) is 5.69 Å². The number of thiophene rings is 1. The molecule has 9 nitrogen and oxygen atoms in total. The maximum atomic E-state index is 13.2. The van der Waals surface area contributed by atoms with Crippen molar-refractivity contribution in [3.63, 3.8) is 0 Å². The smallest absolute Gasteiger partial charge is 0.345 e. The molecule has 0 saturated carbocycles. The first-order valence-corrected chi connectivity index (χ1v) is 11.6. The van der Waals surface area contributed by atoms with Gasteiger partial charge in [-0.1, -0.05) is 5.92 Å². The summed E-state index contributed by atoms with van der Waals surface area (Å²) in [6.45, 7) is 2.48. The fourth-order valence-corrected chi connectivity index (χ4v) is 4.77. The zero-order valence-electron chi connectivity index (χ0n) is 17.4. The van der Waals surface area contributed by atoms with Crippen molar-refractivity contribution in [2.75, 3.05) is 13.2 Å². The van der Waals surface area contributed by atoms with Crippen LogP contribution in [0.1, 0.15) is 25.1 Å². The van der Waals surface area contributed by atoms with Crippen molar-refractivity contribution in [2.24, 2.45) is 0 Å². The molecule has 2 aromatic rings. The zero-order chi connectivity index (χ0) is 23.4. The third-order valence-corrected chi connectivity index (χ3v) is 6.31. The second-order valence-electron chi connectivity index (χ2n) is 7.03. The number of rotatable bonds is 9. The van der Waals surface area contributed by atoms with Crippen molar-refractivity contribution in [3.05, 3.63) is 39.0 Å². The van der Waals surface area contributed by atoms with E-state index in [9.17, 15) is 19.8 Å². The van der Waals surface area contributed by atoms with E-state index in [1.54, 1.807) is 17.8 Å². The van der Waals surface area contributed by atoms with Crippen molar-refractivity contribution >= 4 is 34.6 Å². The van der Waals surface area contributed by atoms with Crippen molar-refractivity contribution in [2.45, 2.75) is 50.0 Å². The van der Waals surface area contributed by atoms with Crippen LogP contribution in [0.3, 0.4) is 0 Å². The summed E-state index contributed by atoms with van der Waals surface area (Å²) in [5, 5.41) is 25.8. The Morgan fingerprint density at radius 3 is 2.72 bits per heavy atom. The third-order valence-electron chi connectivity index (χ3n) is 5.00. The maximum absolute atomic E-state index is 13.2. The fourth-order valence-electron chi connectivity index (χ4n) is 3.49. The minimum Gasteiger partial charge on any atom is -0.464 e. The lowest BCUT2D eigenvalue weighted by atomic mass is 9.91. The molecule has 0 spiro atoms. The number of aliphatic hydroxyl groups is 2. The Morgan fingerprint density at radius 2 is 2.16 bits per heavy atom. The molecule has 3 heterocycles. The minimum atomic E-state index is -2.00. The molecule has 2 unspecified atom stereocenters. The highest BCUT2D eigenvalue weighted by Crippen LogP contribution is 2.38. The van der Waals surface area contributed by atoms with Crippen LogP contribution in [0.15, 0.2) is 27.7 Å². The second-order valence-corrected chi connectivity index (χ2v) is 8.53. The molecule has 0 aromatic carbocycles. The van der Waals surface area contributed by atoms with Gasteiger partial charge in [-0.25, -0.2) is 9.78 Å². The fraction of sp³-hybridized carbons (Fsp3) is 0.476. The van der Waals surface area contributed by atoms with Gasteiger partial charge in [0.15, 0.2) is 12.4 Å². The summed E-state index contributed by atoms with van der Waals surface area (Å²) in [5.74, 6) is 0.774. The van der Waals surface area contributed by atoms with Gasteiger partial charge in [0.1, 0.15) is 6.10 Å². The Bertz CT molecular complexity index is 957. The molecule has 1 saturated heterocycles. The molecule has 3 rings (SSSR count). The van der Waals surface area contributed by atoms with Gasteiger partial charge in [0.25, 0.3) is 0 Å². The maximum Gasteiger partial charge on any atom is 0.345 e. The number of hydrogen-bond acceptors (Lipinski definition) is 11. The summed E-state index contributed by atoms with van der Waals surface area (Å²) in [7, 11) is 0. The van der Waals surface area contributed by atoms with E-state index < -0.39 is 48.2 Å². The normalized spacial score (nSPS) is 26.8. The average Bonchev–Trinajstić information content (AvgIpc) is 3.50. The largest absolute Gasteiger partial charge is 0.464 e. The van der Waals surface area contributed by atoms with E-state index in [1.807, 2.05) is 16.8 Å². The third kappa shape index (κ3) is 4.56. The lowest BCUT2D eigenvalue weighted by Crippen LogP contribution is -2.53. The predicted molar refractivity (Wildman–Crippen MR) is 115 cm³/mol. The molecule has 172 valence electrons. The highest BCUT2D eigenvalue weighted by Gasteiger charge is 2.59. The summed E-state index contributed by atoms with van der Waals surface area (Å²) < 4.78 is 22.0. The molecule has 1 aliphatic rings. The van der Waals surface area contributed by atoms with Crippen LogP contribution in [0.4, 0.5) is 0 Å². The predicted octanol–water partition coefficient (Wildman–Crippen LogP) is 1.24. The van der Waals surface area contributed by atoms with Crippen LogP contribution < -0.4 is 0 Å². The number of nitrogens with zero attached hydrogens (tertiary/aromatic N) is 1. The topological polar surface area (TPSA) is 124 Å². The van der Waals surface area contributed by atoms with Gasteiger partial charge in [-0.15, -0.1) is 17.8 Å². The summed E-state index contributed by atoms with van der Waals surface area (Å²) in [6, 6.07) is 1.85. The number of aromatic nitrogens is 1. The molecule has 0 aliphatic carbocycles. The zero-order valence-corrected chi connectivity index (χ0v) is 19.1. The van der Waals surface area contributed by atoms with Gasteiger partial charge < -0.3 is 29.2 Å². The average molecular weight is 482 g/mol. The number of carbonyl (C=O) groups is 2. The van der Waals surface area contributed by atoms with E-state index in [4.69, 9.17) is 25.4 Å². The molecule has 0 radical (unpaired) electrons. The van der Waals surface area contributed by atoms with Crippen LogP contribution >= 0.6 is 22.7 Å². The number of terminal acetylenes is 1. The molecule has 0 amide bonds. The standard InChI is InChI=1S/C21H23NO8S2/c1-4-20(30-13(3)23)16(29-18(25)17(20)24)9-28-21(19(26)27-5-2,15-11-32-12-22-15)8-14-6-7-31-10-14/h1,6-7,10-12,16-18,24-25H,5,8-9H2,2-3H3/t16-,17+,18?,20-,21?/m1/s1. The van der Waals surface area contributed by atoms with Crippen molar-refractivity contribution in [3.8, 4) is 12.3 Å². The molecular weight excluding hydrogens is 458 g/mol. The van der Waals surface area contributed by atoms with Crippen LogP contribution in [0.5, 0.6) is 0 Å². The molecule has 11 heteroatoms. The van der Waals surface area contributed by atoms with Crippen LogP contribution in [0, 0.1) is 12.3 Å². The SMILES string of the molecule is C#C[C@@]1(OC(C)=O)[C@@H](COC(Cc2ccsc2)(C(=O)OCC)c2cscn2)OC(O)[C@@H]1O. The molecule has 0 bridgehead atoms. The van der Waals surface area contributed by atoms with Gasteiger partial charge in [-0.2, -0.15) is 11.3 Å². The van der Waals surface area contributed by atoms with Crippen LogP contribution in [0.25, 0.3) is 0 Å². The van der Waals surface area contributed by atoms with Crippen molar-refractivity contribution in [1.82, 2.24) is 4.98 Å². The number of aliphatic hydroxyl groups excluding tert-OH is 2. The quantitative estimate of drug-likeness (QED) is 0.402. The second kappa shape index (κ2) is 10.1. The van der Waals surface area contributed by atoms with Crippen molar-refractivity contribution < 1.29 is 38.7 Å². The van der Waals surface area contributed by atoms with Gasteiger partial charge in [0, 0.05) is 18.7 Å². The Balaban J connectivity index is 1.98. The molecule has 2 N–H and O–H groups in total. The molecule has 1 aliphatic heterocycles. The Hall–Kier alpha value is -2.33. The highest BCUT2D eigenvalue weighted by atomic mass is 32.1. The summed E-state index contributed by atoms with van der Waals surface area (Å²) in [6.07, 6.45) is 0.988. The number of esters is 2. The first-order valence-electron chi connectivity index (χ1n) is 9.69. The van der Waals surface area contributed by atoms with Crippen LogP contribution in [-0.2, 0) is 40.6 Å². The van der Waals surface area contributed by atoms with Gasteiger partial charge in [-0.05, 0) is 29.3 Å². The molecule has 5 atom stereocenters. The van der Waals surface area contributed by atoms with Gasteiger partial charge in [0.2, 0.25) is 11.2 Å². The number of hydrogen-bond donors (Lipinski definition) is 2. The van der Waals surface area contributed by atoms with E-state index in [-0.39, 0.29) is 13.0 Å². The first-order chi connectivity index (χ1) is 15.3. The monoisotopic (exact) mass is 481 g/mol. The highest BCUT2D eigenvalue weighted by molar-refractivity contribution is 7.08. The summed E-state index contributed by atoms with van der Waals surface area (Å²) in [5.41, 5.74) is -0.965. The number of carbonyl (C=O) groups excluding carboxylic acids is 2. The van der Waals surface area contributed by atoms with Crippen LogP contribution in [0.2, 0.25) is 0 Å². The van der Waals surface area contributed by atoms with E-state index in [1.165, 1.54) is 22.7 Å². The molecule has 32 heavy (non-hydrogen) atoms. The summed E-state index contributed by atoms with van der Waals surface area (Å²) >= 11 is 2.73. The molecule has 1 fully saturated rings.